The fourth-order valence-corrected chi connectivity index (χ4v) is 3.38. The van der Waals surface area contributed by atoms with Gasteiger partial charge in [-0.05, 0) is 37.8 Å². The Labute approximate surface area is 184 Å². The summed E-state index contributed by atoms with van der Waals surface area (Å²) < 4.78 is 43.9. The molecule has 10 heteroatoms. The standard InChI is InChI=1S/C22H28F3N5O2/c1-4-14(11-31)6-7-26-20-19(13(3)29-21(30-20)28-12-22(23,24)25)17-9-15-8-16(5-2)27-10-18(15)32-17/h8-10,14,31H,4-7,11-12H2,1-3H3,(H2,26,28,29,30). The zero-order valence-electron chi connectivity index (χ0n) is 18.4. The molecule has 3 N–H and O–H groups in total. The zero-order valence-corrected chi connectivity index (χ0v) is 18.4. The second-order valence-electron chi connectivity index (χ2n) is 7.67. The smallest absolute Gasteiger partial charge is 0.405 e. The maximum Gasteiger partial charge on any atom is 0.405 e. The van der Waals surface area contributed by atoms with Crippen molar-refractivity contribution in [1.29, 1.82) is 0 Å². The minimum Gasteiger partial charge on any atom is -0.454 e. The molecule has 7 nitrogen and oxygen atoms in total. The van der Waals surface area contributed by atoms with Crippen LogP contribution >= 0.6 is 0 Å². The van der Waals surface area contributed by atoms with Gasteiger partial charge in [0.25, 0.3) is 0 Å². The SMILES string of the molecule is CCc1cc2cc(-c3c(C)nc(NCC(F)(F)F)nc3NCCC(CC)CO)oc2cn1. The highest BCUT2D eigenvalue weighted by Crippen LogP contribution is 2.35. The van der Waals surface area contributed by atoms with Crippen LogP contribution in [-0.4, -0.2) is 45.9 Å². The Bertz CT molecular complexity index is 1050. The fraction of sp³-hybridized carbons (Fsp3) is 0.500. The molecule has 174 valence electrons. The van der Waals surface area contributed by atoms with Crippen LogP contribution < -0.4 is 10.6 Å². The molecule has 32 heavy (non-hydrogen) atoms. The van der Waals surface area contributed by atoms with E-state index < -0.39 is 12.7 Å². The Hall–Kier alpha value is -2.88. The largest absolute Gasteiger partial charge is 0.454 e. The van der Waals surface area contributed by atoms with Gasteiger partial charge in [0.05, 0.1) is 17.5 Å². The average molecular weight is 451 g/mol. The molecule has 0 aliphatic carbocycles. The number of aryl methyl sites for hydroxylation is 2. The number of alkyl halides is 3. The van der Waals surface area contributed by atoms with Gasteiger partial charge in [0.1, 0.15) is 18.1 Å². The number of rotatable bonds is 10. The minimum atomic E-state index is -4.39. The van der Waals surface area contributed by atoms with Crippen LogP contribution in [0, 0.1) is 12.8 Å². The van der Waals surface area contributed by atoms with E-state index in [2.05, 4.69) is 25.6 Å². The number of hydrogen-bond donors (Lipinski definition) is 3. The monoisotopic (exact) mass is 451 g/mol. The first-order valence-electron chi connectivity index (χ1n) is 10.7. The number of halogens is 3. The van der Waals surface area contributed by atoms with E-state index in [0.717, 1.165) is 23.9 Å². The number of nitrogens with zero attached hydrogens (tertiary/aromatic N) is 3. The van der Waals surface area contributed by atoms with Crippen molar-refractivity contribution in [2.24, 2.45) is 5.92 Å². The Kier molecular flexibility index (Phi) is 7.55. The number of hydrogen-bond acceptors (Lipinski definition) is 7. The highest BCUT2D eigenvalue weighted by Gasteiger charge is 2.27. The van der Waals surface area contributed by atoms with Gasteiger partial charge in [-0.3, -0.25) is 4.98 Å². The Morgan fingerprint density at radius 1 is 1.16 bits per heavy atom. The van der Waals surface area contributed by atoms with E-state index in [1.165, 1.54) is 0 Å². The molecular formula is C22H28F3N5O2. The first-order valence-corrected chi connectivity index (χ1v) is 10.7. The molecular weight excluding hydrogens is 423 g/mol. The molecule has 3 aromatic rings. The minimum absolute atomic E-state index is 0.0720. The van der Waals surface area contributed by atoms with Crippen molar-refractivity contribution in [1.82, 2.24) is 15.0 Å². The Balaban J connectivity index is 1.97. The molecule has 0 radical (unpaired) electrons. The van der Waals surface area contributed by atoms with Crippen molar-refractivity contribution >= 4 is 22.7 Å². The van der Waals surface area contributed by atoms with Crippen LogP contribution in [0.1, 0.15) is 38.1 Å². The number of pyridine rings is 1. The third kappa shape index (κ3) is 5.87. The summed E-state index contributed by atoms with van der Waals surface area (Å²) in [4.78, 5) is 12.9. The van der Waals surface area contributed by atoms with Gasteiger partial charge in [-0.2, -0.15) is 18.2 Å². The van der Waals surface area contributed by atoms with Crippen LogP contribution in [0.4, 0.5) is 24.9 Å². The second kappa shape index (κ2) is 10.2. The summed E-state index contributed by atoms with van der Waals surface area (Å²) >= 11 is 0. The molecule has 0 aromatic carbocycles. The molecule has 0 bridgehead atoms. The summed E-state index contributed by atoms with van der Waals surface area (Å²) in [6.45, 7) is 5.03. The van der Waals surface area contributed by atoms with Crippen molar-refractivity contribution in [2.45, 2.75) is 46.2 Å². The molecule has 0 spiro atoms. The van der Waals surface area contributed by atoms with Gasteiger partial charge in [0.15, 0.2) is 5.58 Å². The molecule has 0 saturated carbocycles. The molecule has 0 amide bonds. The molecule has 1 atom stereocenters. The van der Waals surface area contributed by atoms with Gasteiger partial charge in [-0.15, -0.1) is 0 Å². The number of nitrogens with one attached hydrogen (secondary N) is 2. The summed E-state index contributed by atoms with van der Waals surface area (Å²) in [7, 11) is 0. The van der Waals surface area contributed by atoms with Gasteiger partial charge < -0.3 is 20.2 Å². The van der Waals surface area contributed by atoms with Crippen LogP contribution in [0.25, 0.3) is 22.3 Å². The molecule has 0 fully saturated rings. The number of aliphatic hydroxyl groups is 1. The summed E-state index contributed by atoms with van der Waals surface area (Å²) in [6, 6.07) is 3.80. The molecule has 0 saturated heterocycles. The quantitative estimate of drug-likeness (QED) is 0.401. The number of aromatic nitrogens is 3. The Morgan fingerprint density at radius 3 is 2.59 bits per heavy atom. The highest BCUT2D eigenvalue weighted by atomic mass is 19.4. The third-order valence-corrected chi connectivity index (χ3v) is 5.29. The molecule has 0 aliphatic rings. The second-order valence-corrected chi connectivity index (χ2v) is 7.67. The van der Waals surface area contributed by atoms with E-state index in [0.29, 0.717) is 41.4 Å². The first-order chi connectivity index (χ1) is 15.2. The van der Waals surface area contributed by atoms with Gasteiger partial charge in [-0.25, -0.2) is 4.98 Å². The topological polar surface area (TPSA) is 96.1 Å². The average Bonchev–Trinajstić information content (AvgIpc) is 3.17. The van der Waals surface area contributed by atoms with E-state index in [-0.39, 0.29) is 18.5 Å². The van der Waals surface area contributed by atoms with Crippen LogP contribution in [0.2, 0.25) is 0 Å². The molecule has 3 aromatic heterocycles. The number of fused-ring (bicyclic) bond motifs is 1. The zero-order chi connectivity index (χ0) is 23.3. The summed E-state index contributed by atoms with van der Waals surface area (Å²) in [5.41, 5.74) is 2.59. The molecule has 0 aliphatic heterocycles. The normalized spacial score (nSPS) is 12.8. The van der Waals surface area contributed by atoms with E-state index >= 15 is 0 Å². The van der Waals surface area contributed by atoms with Gasteiger partial charge in [-0.1, -0.05) is 20.3 Å². The summed E-state index contributed by atoms with van der Waals surface area (Å²) in [6.07, 6.45) is -0.434. The molecule has 3 heterocycles. The van der Waals surface area contributed by atoms with E-state index in [1.807, 2.05) is 26.0 Å². The number of furan rings is 1. The summed E-state index contributed by atoms with van der Waals surface area (Å²) in [5, 5.41) is 15.7. The molecule has 1 unspecified atom stereocenters. The predicted molar refractivity (Wildman–Crippen MR) is 118 cm³/mol. The van der Waals surface area contributed by atoms with Crippen LogP contribution in [0.3, 0.4) is 0 Å². The number of aliphatic hydroxyl groups excluding tert-OH is 1. The van der Waals surface area contributed by atoms with Crippen molar-refractivity contribution in [2.75, 3.05) is 30.3 Å². The van der Waals surface area contributed by atoms with Gasteiger partial charge in [0.2, 0.25) is 5.95 Å². The van der Waals surface area contributed by atoms with Crippen LogP contribution in [0.15, 0.2) is 22.7 Å². The van der Waals surface area contributed by atoms with Crippen LogP contribution in [-0.2, 0) is 6.42 Å². The maximum absolute atomic E-state index is 12.7. The van der Waals surface area contributed by atoms with Crippen molar-refractivity contribution < 1.29 is 22.7 Å². The van der Waals surface area contributed by atoms with Crippen molar-refractivity contribution in [3.05, 3.63) is 29.7 Å². The lowest BCUT2D eigenvalue weighted by Gasteiger charge is -2.16. The lowest BCUT2D eigenvalue weighted by Crippen LogP contribution is -2.23. The van der Waals surface area contributed by atoms with Gasteiger partial charge >= 0.3 is 6.18 Å². The number of anilines is 2. The fourth-order valence-electron chi connectivity index (χ4n) is 3.38. The lowest BCUT2D eigenvalue weighted by atomic mass is 10.0. The van der Waals surface area contributed by atoms with E-state index in [9.17, 15) is 18.3 Å². The first kappa shape index (κ1) is 23.8. The van der Waals surface area contributed by atoms with Crippen molar-refractivity contribution in [3.63, 3.8) is 0 Å². The van der Waals surface area contributed by atoms with Crippen molar-refractivity contribution in [3.8, 4) is 11.3 Å². The summed E-state index contributed by atoms with van der Waals surface area (Å²) in [5.74, 6) is 0.886. The predicted octanol–water partition coefficient (Wildman–Crippen LogP) is 4.95. The van der Waals surface area contributed by atoms with E-state index in [1.54, 1.807) is 13.1 Å². The van der Waals surface area contributed by atoms with Gasteiger partial charge in [0, 0.05) is 24.2 Å². The van der Waals surface area contributed by atoms with Crippen LogP contribution in [0.5, 0.6) is 0 Å². The molecule has 3 rings (SSSR count). The maximum atomic E-state index is 12.7. The van der Waals surface area contributed by atoms with E-state index in [4.69, 9.17) is 4.42 Å². The lowest BCUT2D eigenvalue weighted by molar-refractivity contribution is -0.115. The Morgan fingerprint density at radius 2 is 1.94 bits per heavy atom. The highest BCUT2D eigenvalue weighted by molar-refractivity contribution is 5.86. The third-order valence-electron chi connectivity index (χ3n) is 5.29.